The van der Waals surface area contributed by atoms with E-state index in [9.17, 15) is 9.90 Å². The van der Waals surface area contributed by atoms with Crippen LogP contribution in [0.4, 0.5) is 0 Å². The fourth-order valence-corrected chi connectivity index (χ4v) is 1.83. The second-order valence-corrected chi connectivity index (χ2v) is 3.98. The van der Waals surface area contributed by atoms with Gasteiger partial charge in [-0.15, -0.1) is 11.3 Å². The number of ketones is 1. The van der Waals surface area contributed by atoms with E-state index in [1.165, 1.54) is 11.3 Å². The molecule has 1 unspecified atom stereocenters. The van der Waals surface area contributed by atoms with Crippen LogP contribution in [0.2, 0.25) is 0 Å². The molecule has 0 radical (unpaired) electrons. The Morgan fingerprint density at radius 1 is 1.75 bits per heavy atom. The molecule has 12 heavy (non-hydrogen) atoms. The van der Waals surface area contributed by atoms with Gasteiger partial charge in [-0.1, -0.05) is 0 Å². The number of aryl methyl sites for hydroxylation is 1. The summed E-state index contributed by atoms with van der Waals surface area (Å²) in [5.41, 5.74) is 5.39. The maximum absolute atomic E-state index is 11.3. The number of carbonyl (C=O) groups is 1. The highest BCUT2D eigenvalue weighted by atomic mass is 32.1. The average molecular weight is 185 g/mol. The van der Waals surface area contributed by atoms with Crippen molar-refractivity contribution in [1.29, 1.82) is 0 Å². The van der Waals surface area contributed by atoms with Crippen LogP contribution in [0.3, 0.4) is 0 Å². The number of carbonyl (C=O) groups excluding carboxylic acids is 1. The van der Waals surface area contributed by atoms with Gasteiger partial charge in [0.1, 0.15) is 10.6 Å². The quantitative estimate of drug-likeness (QED) is 0.682. The molecular formula is C8H11NO2S. The van der Waals surface area contributed by atoms with Crippen LogP contribution in [-0.2, 0) is 0 Å². The van der Waals surface area contributed by atoms with Crippen LogP contribution >= 0.6 is 11.3 Å². The fourth-order valence-electron chi connectivity index (χ4n) is 0.884. The van der Waals surface area contributed by atoms with Gasteiger partial charge in [-0.3, -0.25) is 4.79 Å². The Balaban J connectivity index is 3.02. The van der Waals surface area contributed by atoms with Gasteiger partial charge in [-0.25, -0.2) is 0 Å². The van der Waals surface area contributed by atoms with Crippen molar-refractivity contribution in [3.05, 3.63) is 15.8 Å². The summed E-state index contributed by atoms with van der Waals surface area (Å²) in [5.74, 6) is -0.162. The van der Waals surface area contributed by atoms with Crippen LogP contribution < -0.4 is 5.73 Å². The van der Waals surface area contributed by atoms with Gasteiger partial charge >= 0.3 is 0 Å². The minimum atomic E-state index is -0.547. The first-order valence-corrected chi connectivity index (χ1v) is 4.43. The number of rotatable bonds is 2. The van der Waals surface area contributed by atoms with Crippen molar-refractivity contribution in [3.63, 3.8) is 0 Å². The number of thiophene rings is 1. The highest BCUT2D eigenvalue weighted by molar-refractivity contribution is 7.14. The van der Waals surface area contributed by atoms with Gasteiger partial charge < -0.3 is 10.8 Å². The summed E-state index contributed by atoms with van der Waals surface area (Å²) in [6, 6.07) is 1.02. The number of aromatic hydroxyl groups is 1. The molecule has 0 spiro atoms. The summed E-state index contributed by atoms with van der Waals surface area (Å²) in [6.45, 7) is 3.44. The minimum Gasteiger partial charge on any atom is -0.506 e. The highest BCUT2D eigenvalue weighted by Crippen LogP contribution is 2.28. The van der Waals surface area contributed by atoms with Crippen LogP contribution in [0.15, 0.2) is 6.07 Å². The summed E-state index contributed by atoms with van der Waals surface area (Å²) in [6.07, 6.45) is 0. The van der Waals surface area contributed by atoms with E-state index in [0.29, 0.717) is 4.88 Å². The van der Waals surface area contributed by atoms with E-state index in [1.807, 2.05) is 6.92 Å². The topological polar surface area (TPSA) is 63.3 Å². The lowest BCUT2D eigenvalue weighted by molar-refractivity contribution is 0.0969. The van der Waals surface area contributed by atoms with Crippen LogP contribution in [-0.4, -0.2) is 16.9 Å². The zero-order valence-electron chi connectivity index (χ0n) is 7.00. The number of hydrogen-bond donors (Lipinski definition) is 2. The van der Waals surface area contributed by atoms with Crippen molar-refractivity contribution in [3.8, 4) is 5.75 Å². The van der Waals surface area contributed by atoms with E-state index in [-0.39, 0.29) is 11.5 Å². The molecule has 1 aromatic rings. The SMILES string of the molecule is Cc1cc(O)c(C(=O)C(C)N)s1. The minimum absolute atomic E-state index is 0.0415. The van der Waals surface area contributed by atoms with Crippen LogP contribution in [0.5, 0.6) is 5.75 Å². The van der Waals surface area contributed by atoms with Gasteiger partial charge in [0.25, 0.3) is 0 Å². The first-order chi connectivity index (χ1) is 5.52. The molecule has 0 saturated heterocycles. The van der Waals surface area contributed by atoms with E-state index < -0.39 is 6.04 Å². The average Bonchev–Trinajstić information content (AvgIpc) is 2.28. The molecule has 0 fully saturated rings. The Kier molecular flexibility index (Phi) is 2.49. The van der Waals surface area contributed by atoms with E-state index in [2.05, 4.69) is 0 Å². The molecule has 66 valence electrons. The molecule has 3 nitrogen and oxygen atoms in total. The van der Waals surface area contributed by atoms with Gasteiger partial charge in [0, 0.05) is 4.88 Å². The highest BCUT2D eigenvalue weighted by Gasteiger charge is 2.17. The summed E-state index contributed by atoms with van der Waals surface area (Å²) in [4.78, 5) is 12.6. The lowest BCUT2D eigenvalue weighted by Gasteiger charge is -2.00. The third-order valence-corrected chi connectivity index (χ3v) is 2.53. The molecule has 1 aromatic heterocycles. The van der Waals surface area contributed by atoms with Gasteiger partial charge in [-0.05, 0) is 19.9 Å². The first-order valence-electron chi connectivity index (χ1n) is 3.61. The fraction of sp³-hybridized carbons (Fsp3) is 0.375. The van der Waals surface area contributed by atoms with Gasteiger partial charge in [0.05, 0.1) is 6.04 Å². The van der Waals surface area contributed by atoms with Crippen LogP contribution in [0, 0.1) is 6.92 Å². The number of Topliss-reactive ketones (excluding diaryl/α,β-unsaturated/α-hetero) is 1. The largest absolute Gasteiger partial charge is 0.506 e. The molecular weight excluding hydrogens is 174 g/mol. The van der Waals surface area contributed by atoms with Crippen molar-refractivity contribution in [2.24, 2.45) is 5.73 Å². The molecule has 0 aliphatic heterocycles. The zero-order valence-corrected chi connectivity index (χ0v) is 7.81. The molecule has 0 aliphatic rings. The van der Waals surface area contributed by atoms with Crippen LogP contribution in [0.25, 0.3) is 0 Å². The molecule has 1 rings (SSSR count). The Hall–Kier alpha value is -0.870. The maximum atomic E-state index is 11.3. The smallest absolute Gasteiger partial charge is 0.192 e. The lowest BCUT2D eigenvalue weighted by Crippen LogP contribution is -2.25. The normalized spacial score (nSPS) is 12.9. The van der Waals surface area contributed by atoms with Crippen molar-refractivity contribution < 1.29 is 9.90 Å². The molecule has 1 atom stereocenters. The summed E-state index contributed by atoms with van der Waals surface area (Å²) >= 11 is 1.27. The Bertz CT molecular complexity index is 304. The standard InChI is InChI=1S/C8H11NO2S/c1-4-3-6(10)8(12-4)7(11)5(2)9/h3,5,10H,9H2,1-2H3. The molecule has 1 heterocycles. The predicted molar refractivity (Wildman–Crippen MR) is 48.7 cm³/mol. The maximum Gasteiger partial charge on any atom is 0.192 e. The van der Waals surface area contributed by atoms with Crippen LogP contribution in [0.1, 0.15) is 21.5 Å². The Morgan fingerprint density at radius 3 is 2.67 bits per heavy atom. The molecule has 0 saturated carbocycles. The van der Waals surface area contributed by atoms with E-state index in [1.54, 1.807) is 13.0 Å². The first kappa shape index (κ1) is 9.22. The van der Waals surface area contributed by atoms with Crippen molar-refractivity contribution >= 4 is 17.1 Å². The Labute approximate surface area is 74.8 Å². The van der Waals surface area contributed by atoms with Gasteiger partial charge in [0.15, 0.2) is 5.78 Å². The molecule has 4 heteroatoms. The summed E-state index contributed by atoms with van der Waals surface area (Å²) < 4.78 is 0. The lowest BCUT2D eigenvalue weighted by atomic mass is 10.2. The third kappa shape index (κ3) is 1.65. The zero-order chi connectivity index (χ0) is 9.30. The van der Waals surface area contributed by atoms with Crippen molar-refractivity contribution in [2.75, 3.05) is 0 Å². The molecule has 0 bridgehead atoms. The van der Waals surface area contributed by atoms with E-state index >= 15 is 0 Å². The molecule has 0 amide bonds. The number of nitrogens with two attached hydrogens (primary N) is 1. The molecule has 3 N–H and O–H groups in total. The molecule has 0 aromatic carbocycles. The number of hydrogen-bond acceptors (Lipinski definition) is 4. The third-order valence-electron chi connectivity index (χ3n) is 1.47. The predicted octanol–water partition coefficient (Wildman–Crippen LogP) is 1.29. The second-order valence-electron chi connectivity index (χ2n) is 2.72. The summed E-state index contributed by atoms with van der Waals surface area (Å²) in [5, 5.41) is 9.28. The van der Waals surface area contributed by atoms with Gasteiger partial charge in [-0.2, -0.15) is 0 Å². The van der Waals surface area contributed by atoms with Gasteiger partial charge in [0.2, 0.25) is 0 Å². The van der Waals surface area contributed by atoms with Crippen molar-refractivity contribution in [1.82, 2.24) is 0 Å². The van der Waals surface area contributed by atoms with E-state index in [4.69, 9.17) is 5.73 Å². The molecule has 0 aliphatic carbocycles. The summed E-state index contributed by atoms with van der Waals surface area (Å²) in [7, 11) is 0. The van der Waals surface area contributed by atoms with E-state index in [0.717, 1.165) is 4.88 Å². The second kappa shape index (κ2) is 3.25. The monoisotopic (exact) mass is 185 g/mol. The van der Waals surface area contributed by atoms with Crippen molar-refractivity contribution in [2.45, 2.75) is 19.9 Å². The Morgan fingerprint density at radius 2 is 2.33 bits per heavy atom.